The third kappa shape index (κ3) is 4.85. The average molecular weight is 422 g/mol. The van der Waals surface area contributed by atoms with Crippen LogP contribution in [0.25, 0.3) is 0 Å². The molecule has 0 spiro atoms. The highest BCUT2D eigenvalue weighted by Crippen LogP contribution is 2.69. The number of aliphatic hydroxyl groups is 1. The predicted molar refractivity (Wildman–Crippen MR) is 89.6 cm³/mol. The Morgan fingerprint density at radius 1 is 1.19 bits per heavy atom. The van der Waals surface area contributed by atoms with Gasteiger partial charge in [0.05, 0.1) is 17.2 Å². The molecule has 13 nitrogen and oxygen atoms in total. The molecule has 0 saturated carbocycles. The second kappa shape index (κ2) is 7.56. The van der Waals surface area contributed by atoms with Crippen LogP contribution in [0.4, 0.5) is 5.69 Å². The summed E-state index contributed by atoms with van der Waals surface area (Å²) in [6.45, 7) is 0.107. The Labute approximate surface area is 151 Å². The molecule has 2 rings (SSSR count). The number of nitro benzene ring substituents is 1. The maximum Gasteiger partial charge on any atom is 0.369 e. The predicted octanol–water partition coefficient (Wildman–Crippen LogP) is 0.169. The van der Waals surface area contributed by atoms with Gasteiger partial charge in [0.25, 0.3) is 10.8 Å². The summed E-state index contributed by atoms with van der Waals surface area (Å²) in [7, 11) is -11.1. The summed E-state index contributed by atoms with van der Waals surface area (Å²) in [5, 5.41) is 24.5. The molecular weight excluding hydrogens is 406 g/mol. The van der Waals surface area contributed by atoms with E-state index in [1.165, 1.54) is 29.1 Å². The number of nitro groups is 1. The smallest absolute Gasteiger partial charge is 0.368 e. The van der Waals surface area contributed by atoms with E-state index in [0.29, 0.717) is 5.56 Å². The molecule has 0 unspecified atom stereocenters. The topological polar surface area (TPSA) is 209 Å². The van der Waals surface area contributed by atoms with E-state index in [-0.39, 0.29) is 24.3 Å². The van der Waals surface area contributed by atoms with Gasteiger partial charge in [0, 0.05) is 24.8 Å². The first-order valence-electron chi connectivity index (χ1n) is 7.29. The fraction of sp³-hybridized carbons (Fsp3) is 0.333. The molecule has 0 bridgehead atoms. The van der Waals surface area contributed by atoms with Gasteiger partial charge in [-0.25, -0.2) is 4.68 Å². The van der Waals surface area contributed by atoms with Crippen LogP contribution in [0.15, 0.2) is 30.5 Å². The Bertz CT molecular complexity index is 912. The third-order valence-electron chi connectivity index (χ3n) is 3.70. The lowest BCUT2D eigenvalue weighted by atomic mass is 10.2. The maximum atomic E-state index is 11.3. The third-order valence-corrected chi connectivity index (χ3v) is 7.58. The zero-order valence-electron chi connectivity index (χ0n) is 13.6. The summed E-state index contributed by atoms with van der Waals surface area (Å²) in [5.74, 6) is 0. The molecule has 1 heterocycles. The molecule has 0 aliphatic carbocycles. The summed E-state index contributed by atoms with van der Waals surface area (Å²) in [4.78, 5) is 46.6. The van der Waals surface area contributed by atoms with E-state index < -0.39 is 31.6 Å². The minimum atomic E-state index is -5.54. The Morgan fingerprint density at radius 2 is 1.81 bits per heavy atom. The highest BCUT2D eigenvalue weighted by molar-refractivity contribution is 7.72. The molecule has 5 N–H and O–H groups in total. The van der Waals surface area contributed by atoms with Gasteiger partial charge in [-0.2, -0.15) is 0 Å². The lowest BCUT2D eigenvalue weighted by Crippen LogP contribution is -2.29. The zero-order valence-corrected chi connectivity index (χ0v) is 15.3. The maximum absolute atomic E-state index is 11.3. The summed E-state index contributed by atoms with van der Waals surface area (Å²) < 4.78 is 23.9. The first-order chi connectivity index (χ1) is 12.3. The molecule has 0 radical (unpaired) electrons. The fourth-order valence-electron chi connectivity index (χ4n) is 2.24. The Kier molecular flexibility index (Phi) is 5.97. The first-order valence-corrected chi connectivity index (χ1v) is 10.5. The molecule has 0 amide bonds. The van der Waals surface area contributed by atoms with Crippen LogP contribution in [0.3, 0.4) is 0 Å². The van der Waals surface area contributed by atoms with Gasteiger partial charge in [-0.1, -0.05) is 17.3 Å². The van der Waals surface area contributed by atoms with Crippen molar-refractivity contribution in [2.75, 3.05) is 0 Å². The van der Waals surface area contributed by atoms with Crippen LogP contribution in [0.1, 0.15) is 17.7 Å². The van der Waals surface area contributed by atoms with Crippen molar-refractivity contribution in [2.24, 2.45) is 0 Å². The molecule has 0 atom stereocenters. The summed E-state index contributed by atoms with van der Waals surface area (Å²) in [6, 6.07) is 5.77. The minimum absolute atomic E-state index is 0.107. The van der Waals surface area contributed by atoms with E-state index in [1.807, 2.05) is 0 Å². The summed E-state index contributed by atoms with van der Waals surface area (Å²) in [6.07, 6.45) is 0.0112. The second-order valence-electron chi connectivity index (χ2n) is 5.70. The van der Waals surface area contributed by atoms with Gasteiger partial charge in [-0.15, -0.1) is 5.10 Å². The number of hydrogen-bond donors (Lipinski definition) is 5. The van der Waals surface area contributed by atoms with Crippen molar-refractivity contribution < 1.29 is 38.7 Å². The monoisotopic (exact) mass is 422 g/mol. The molecule has 1 aromatic carbocycles. The molecule has 15 heteroatoms. The van der Waals surface area contributed by atoms with Gasteiger partial charge in [0.2, 0.25) is 0 Å². The molecule has 148 valence electrons. The van der Waals surface area contributed by atoms with Crippen molar-refractivity contribution in [3.8, 4) is 0 Å². The molecule has 0 fully saturated rings. The number of aryl methyl sites for hydroxylation is 1. The van der Waals surface area contributed by atoms with Crippen LogP contribution in [0.5, 0.6) is 0 Å². The molecule has 27 heavy (non-hydrogen) atoms. The van der Waals surface area contributed by atoms with Gasteiger partial charge >= 0.3 is 15.2 Å². The number of aromatic nitrogens is 3. The molecule has 0 saturated heterocycles. The molecular formula is C12H16N4O9P2. The van der Waals surface area contributed by atoms with Gasteiger partial charge < -0.3 is 24.7 Å². The van der Waals surface area contributed by atoms with Crippen molar-refractivity contribution in [1.82, 2.24) is 15.0 Å². The van der Waals surface area contributed by atoms with Crippen molar-refractivity contribution in [3.63, 3.8) is 0 Å². The number of rotatable bonds is 8. The quantitative estimate of drug-likeness (QED) is 0.220. The normalized spacial score (nSPS) is 12.9. The van der Waals surface area contributed by atoms with E-state index in [1.54, 1.807) is 6.07 Å². The van der Waals surface area contributed by atoms with Gasteiger partial charge in [-0.05, 0) is 12.0 Å². The average Bonchev–Trinajstić information content (AvgIpc) is 2.98. The number of benzene rings is 1. The SMILES string of the molecule is O=[N+]([O-])c1cccc(Cn2cc(CCC(O)(P(=O)(O)O)P(=O)(O)O)nn2)c1. The van der Waals surface area contributed by atoms with Crippen molar-refractivity contribution in [3.05, 3.63) is 51.8 Å². The van der Waals surface area contributed by atoms with Gasteiger partial charge in [0.1, 0.15) is 0 Å². The lowest BCUT2D eigenvalue weighted by Gasteiger charge is -2.28. The van der Waals surface area contributed by atoms with E-state index in [9.17, 15) is 24.4 Å². The standard InChI is InChI=1S/C12H16N4O9P2/c17-12(26(20,21)22,27(23,24)25)5-4-10-8-15(14-13-10)7-9-2-1-3-11(6-9)16(18)19/h1-3,6,8,17H,4-5,7H2,(H2,20,21,22)(H2,23,24,25). The highest BCUT2D eigenvalue weighted by Gasteiger charge is 2.58. The van der Waals surface area contributed by atoms with E-state index >= 15 is 0 Å². The van der Waals surface area contributed by atoms with Crippen LogP contribution >= 0.6 is 15.2 Å². The Hall–Kier alpha value is -1.98. The molecule has 0 aliphatic rings. The molecule has 1 aromatic heterocycles. The molecule has 0 aliphatic heterocycles. The lowest BCUT2D eigenvalue weighted by molar-refractivity contribution is -0.384. The van der Waals surface area contributed by atoms with E-state index in [0.717, 1.165) is 0 Å². The number of hydrogen-bond acceptors (Lipinski definition) is 7. The first kappa shape index (κ1) is 21.3. The highest BCUT2D eigenvalue weighted by atomic mass is 31.2. The van der Waals surface area contributed by atoms with E-state index in [4.69, 9.17) is 19.6 Å². The fourth-order valence-corrected chi connectivity index (χ4v) is 4.41. The number of nitrogens with zero attached hydrogens (tertiary/aromatic N) is 4. The van der Waals surface area contributed by atoms with Crippen LogP contribution in [-0.4, -0.2) is 49.7 Å². The summed E-state index contributed by atoms with van der Waals surface area (Å²) >= 11 is 0. The van der Waals surface area contributed by atoms with Crippen LogP contribution < -0.4 is 0 Å². The van der Waals surface area contributed by atoms with Crippen molar-refractivity contribution in [2.45, 2.75) is 24.5 Å². The largest absolute Gasteiger partial charge is 0.369 e. The second-order valence-corrected chi connectivity index (χ2v) is 9.71. The summed E-state index contributed by atoms with van der Waals surface area (Å²) in [5.41, 5.74) is 0.546. The zero-order chi connectivity index (χ0) is 20.5. The van der Waals surface area contributed by atoms with Gasteiger partial charge in [-0.3, -0.25) is 19.2 Å². The molecule has 2 aromatic rings. The van der Waals surface area contributed by atoms with E-state index in [2.05, 4.69) is 10.3 Å². The van der Waals surface area contributed by atoms with Gasteiger partial charge in [0.15, 0.2) is 0 Å². The van der Waals surface area contributed by atoms with Crippen molar-refractivity contribution >= 4 is 20.9 Å². The number of non-ortho nitro benzene ring substituents is 1. The van der Waals surface area contributed by atoms with Crippen molar-refractivity contribution in [1.29, 1.82) is 0 Å². The Balaban J connectivity index is 2.12. The Morgan fingerprint density at radius 3 is 2.37 bits per heavy atom. The van der Waals surface area contributed by atoms with Crippen LogP contribution in [0, 0.1) is 10.1 Å². The van der Waals surface area contributed by atoms with Crippen LogP contribution in [0.2, 0.25) is 0 Å². The minimum Gasteiger partial charge on any atom is -0.368 e. The van der Waals surface area contributed by atoms with Crippen LogP contribution in [-0.2, 0) is 22.1 Å².